The van der Waals surface area contributed by atoms with Crippen LogP contribution in [0.4, 0.5) is 0 Å². The van der Waals surface area contributed by atoms with Gasteiger partial charge < -0.3 is 4.74 Å². The molecule has 90 valence electrons. The smallest absolute Gasteiger partial charge is 0.0752 e. The van der Waals surface area contributed by atoms with Crippen molar-refractivity contribution in [3.05, 3.63) is 0 Å². The van der Waals surface area contributed by atoms with Crippen molar-refractivity contribution in [3.8, 4) is 0 Å². The maximum Gasteiger partial charge on any atom is 0.0752 e. The molecule has 0 aromatic rings. The van der Waals surface area contributed by atoms with Gasteiger partial charge >= 0.3 is 0 Å². The van der Waals surface area contributed by atoms with E-state index >= 15 is 0 Å². The Balaban J connectivity index is 2.08. The summed E-state index contributed by atoms with van der Waals surface area (Å²) in [6.45, 7) is 0.841. The molecule has 1 aliphatic rings. The van der Waals surface area contributed by atoms with Crippen molar-refractivity contribution >= 4 is 45.8 Å². The molecule has 0 radical (unpaired) electrons. The number of unbranched alkanes of at least 4 members (excludes halogenated alkanes) is 2. The lowest BCUT2D eigenvalue weighted by atomic mass is 9.96. The largest absolute Gasteiger partial charge is 0.377 e. The van der Waals surface area contributed by atoms with Crippen LogP contribution in [0.5, 0.6) is 0 Å². The monoisotopic (exact) mass is 364 g/mol. The van der Waals surface area contributed by atoms with Crippen LogP contribution in [0.2, 0.25) is 0 Å². The lowest BCUT2D eigenvalue weighted by molar-refractivity contribution is 0.0305. The minimum absolute atomic E-state index is 0.171. The zero-order valence-corrected chi connectivity index (χ0v) is 12.6. The van der Waals surface area contributed by atoms with Crippen LogP contribution in [0.1, 0.15) is 38.5 Å². The van der Waals surface area contributed by atoms with Gasteiger partial charge in [-0.1, -0.05) is 29.0 Å². The molecule has 0 amide bonds. The minimum Gasteiger partial charge on any atom is -0.377 e. The molecule has 3 unspecified atom stereocenters. The van der Waals surface area contributed by atoms with E-state index in [1.54, 1.807) is 0 Å². The van der Waals surface area contributed by atoms with Crippen molar-refractivity contribution in [1.82, 2.24) is 0 Å². The third-order valence-corrected chi connectivity index (χ3v) is 4.42. The molecule has 0 bridgehead atoms. The van der Waals surface area contributed by atoms with Crippen molar-refractivity contribution in [2.24, 2.45) is 0 Å². The van der Waals surface area contributed by atoms with Crippen LogP contribution in [0.25, 0.3) is 0 Å². The third kappa shape index (κ3) is 5.94. The SMILES string of the molecule is ClC1CCC(Cl)C(OCCCCCI)C1. The fourth-order valence-electron chi connectivity index (χ4n) is 1.82. The molecule has 4 heteroatoms. The quantitative estimate of drug-likeness (QED) is 0.386. The van der Waals surface area contributed by atoms with Gasteiger partial charge in [0, 0.05) is 12.0 Å². The standard InChI is InChI=1S/C11H19Cl2IO/c12-9-4-5-10(13)11(8-9)15-7-3-1-2-6-14/h9-11H,1-8H2. The second kappa shape index (κ2) is 8.37. The minimum atomic E-state index is 0.171. The Hall–Kier alpha value is 1.27. The first-order chi connectivity index (χ1) is 7.24. The Bertz CT molecular complexity index is 169. The molecule has 1 nitrogen and oxygen atoms in total. The van der Waals surface area contributed by atoms with Crippen molar-refractivity contribution in [2.75, 3.05) is 11.0 Å². The van der Waals surface area contributed by atoms with E-state index in [9.17, 15) is 0 Å². The number of alkyl halides is 3. The van der Waals surface area contributed by atoms with Gasteiger partial charge in [0.05, 0.1) is 11.5 Å². The van der Waals surface area contributed by atoms with Gasteiger partial charge in [-0.15, -0.1) is 23.2 Å². The van der Waals surface area contributed by atoms with Gasteiger partial charge in [0.15, 0.2) is 0 Å². The number of ether oxygens (including phenoxy) is 1. The molecule has 0 aromatic heterocycles. The summed E-state index contributed by atoms with van der Waals surface area (Å²) in [5.41, 5.74) is 0. The van der Waals surface area contributed by atoms with Crippen LogP contribution in [-0.2, 0) is 4.74 Å². The molecule has 1 fully saturated rings. The summed E-state index contributed by atoms with van der Waals surface area (Å²) in [4.78, 5) is 0. The maximum atomic E-state index is 6.20. The van der Waals surface area contributed by atoms with Gasteiger partial charge in [-0.2, -0.15) is 0 Å². The van der Waals surface area contributed by atoms with E-state index in [0.717, 1.165) is 32.3 Å². The molecule has 1 aliphatic carbocycles. The molecule has 0 N–H and O–H groups in total. The summed E-state index contributed by atoms with van der Waals surface area (Å²) in [6.07, 6.45) is 6.82. The van der Waals surface area contributed by atoms with E-state index in [4.69, 9.17) is 27.9 Å². The highest BCUT2D eigenvalue weighted by Crippen LogP contribution is 2.29. The van der Waals surface area contributed by atoms with E-state index in [0.29, 0.717) is 0 Å². The van der Waals surface area contributed by atoms with Gasteiger partial charge in [-0.25, -0.2) is 0 Å². The summed E-state index contributed by atoms with van der Waals surface area (Å²) >= 11 is 14.7. The molecule has 0 aliphatic heterocycles. The lowest BCUT2D eigenvalue weighted by Gasteiger charge is -2.30. The second-order valence-electron chi connectivity index (χ2n) is 4.09. The topological polar surface area (TPSA) is 9.23 Å². The predicted molar refractivity (Wildman–Crippen MR) is 75.6 cm³/mol. The predicted octanol–water partition coefficient (Wildman–Crippen LogP) is 4.38. The number of hydrogen-bond donors (Lipinski definition) is 0. The number of hydrogen-bond acceptors (Lipinski definition) is 1. The number of halogens is 3. The van der Waals surface area contributed by atoms with Gasteiger partial charge in [-0.05, 0) is 36.5 Å². The van der Waals surface area contributed by atoms with Crippen LogP contribution in [0, 0.1) is 0 Å². The Morgan fingerprint density at radius 2 is 1.93 bits per heavy atom. The fraction of sp³-hybridized carbons (Fsp3) is 1.00. The normalized spacial score (nSPS) is 31.8. The molecule has 0 aromatic carbocycles. The first-order valence-corrected chi connectivity index (χ1v) is 8.09. The van der Waals surface area contributed by atoms with Crippen molar-refractivity contribution < 1.29 is 4.74 Å². The molecule has 0 heterocycles. The Labute approximate surface area is 116 Å². The van der Waals surface area contributed by atoms with Gasteiger partial charge in [0.2, 0.25) is 0 Å². The van der Waals surface area contributed by atoms with Gasteiger partial charge in [-0.3, -0.25) is 0 Å². The van der Waals surface area contributed by atoms with E-state index in [-0.39, 0.29) is 16.9 Å². The van der Waals surface area contributed by atoms with Crippen LogP contribution >= 0.6 is 45.8 Å². The average Bonchev–Trinajstić information content (AvgIpc) is 2.23. The molecule has 15 heavy (non-hydrogen) atoms. The summed E-state index contributed by atoms with van der Waals surface area (Å²) in [5, 5.41) is 0.434. The van der Waals surface area contributed by atoms with Gasteiger partial charge in [0.1, 0.15) is 0 Å². The summed E-state index contributed by atoms with van der Waals surface area (Å²) in [6, 6.07) is 0. The van der Waals surface area contributed by atoms with Crippen LogP contribution < -0.4 is 0 Å². The van der Waals surface area contributed by atoms with Crippen molar-refractivity contribution in [2.45, 2.75) is 55.4 Å². The molecule has 1 saturated carbocycles. The first-order valence-electron chi connectivity index (χ1n) is 5.69. The summed E-state index contributed by atoms with van der Waals surface area (Å²) < 4.78 is 7.03. The lowest BCUT2D eigenvalue weighted by Crippen LogP contribution is -2.33. The molecule has 0 spiro atoms. The Kier molecular flexibility index (Phi) is 8.00. The third-order valence-electron chi connectivity index (χ3n) is 2.76. The zero-order valence-electron chi connectivity index (χ0n) is 8.93. The first kappa shape index (κ1) is 14.3. The molecular formula is C11H19Cl2IO. The van der Waals surface area contributed by atoms with E-state index in [1.165, 1.54) is 17.3 Å². The van der Waals surface area contributed by atoms with E-state index in [2.05, 4.69) is 22.6 Å². The molecule has 3 atom stereocenters. The average molecular weight is 365 g/mol. The summed E-state index contributed by atoms with van der Waals surface area (Å²) in [5.74, 6) is 0. The second-order valence-corrected chi connectivity index (χ2v) is 6.34. The molecule has 1 rings (SSSR count). The van der Waals surface area contributed by atoms with E-state index in [1.807, 2.05) is 0 Å². The highest BCUT2D eigenvalue weighted by molar-refractivity contribution is 14.1. The Morgan fingerprint density at radius 3 is 2.67 bits per heavy atom. The van der Waals surface area contributed by atoms with Crippen LogP contribution in [-0.4, -0.2) is 27.9 Å². The van der Waals surface area contributed by atoms with E-state index < -0.39 is 0 Å². The zero-order chi connectivity index (χ0) is 11.1. The fourth-order valence-corrected chi connectivity index (χ4v) is 2.97. The van der Waals surface area contributed by atoms with Crippen LogP contribution in [0.3, 0.4) is 0 Å². The number of rotatable bonds is 6. The van der Waals surface area contributed by atoms with Crippen LogP contribution in [0.15, 0.2) is 0 Å². The summed E-state index contributed by atoms with van der Waals surface area (Å²) in [7, 11) is 0. The maximum absolute atomic E-state index is 6.20. The molecular weight excluding hydrogens is 346 g/mol. The van der Waals surface area contributed by atoms with Gasteiger partial charge in [0.25, 0.3) is 0 Å². The highest BCUT2D eigenvalue weighted by Gasteiger charge is 2.28. The molecule has 0 saturated heterocycles. The van der Waals surface area contributed by atoms with Crippen molar-refractivity contribution in [3.63, 3.8) is 0 Å². The highest BCUT2D eigenvalue weighted by atomic mass is 127. The van der Waals surface area contributed by atoms with Crippen molar-refractivity contribution in [1.29, 1.82) is 0 Å². The Morgan fingerprint density at radius 1 is 1.13 bits per heavy atom.